The normalized spacial score (nSPS) is 13.6. The molecule has 0 fully saturated rings. The molecule has 0 spiro atoms. The highest BCUT2D eigenvalue weighted by atomic mass is 16.6. The molecule has 0 bridgehead atoms. The van der Waals surface area contributed by atoms with Gasteiger partial charge in [0.15, 0.2) is 6.10 Å². The van der Waals surface area contributed by atoms with Gasteiger partial charge in [0.2, 0.25) is 0 Å². The Bertz CT molecular complexity index is 1000. The van der Waals surface area contributed by atoms with Gasteiger partial charge in [-0.3, -0.25) is 9.59 Å². The lowest BCUT2D eigenvalue weighted by molar-refractivity contribution is -0.161. The summed E-state index contributed by atoms with van der Waals surface area (Å²) in [6, 6.07) is 0. The van der Waals surface area contributed by atoms with Gasteiger partial charge in [-0.2, -0.15) is 0 Å². The summed E-state index contributed by atoms with van der Waals surface area (Å²) in [5.41, 5.74) is 0. The number of hydrogen-bond acceptors (Lipinski definition) is 6. The van der Waals surface area contributed by atoms with E-state index in [0.717, 1.165) is 57.3 Å². The molecule has 0 saturated heterocycles. The molecule has 0 saturated carbocycles. The second-order valence-corrected chi connectivity index (χ2v) is 14.7. The Morgan fingerprint density at radius 2 is 1.00 bits per heavy atom. The quantitative estimate of drug-likeness (QED) is 0.0285. The van der Waals surface area contributed by atoms with Crippen molar-refractivity contribution in [3.05, 3.63) is 72.9 Å². The molecule has 6 nitrogen and oxygen atoms in total. The third kappa shape index (κ3) is 40.3. The summed E-state index contributed by atoms with van der Waals surface area (Å²) < 4.78 is 10.5. The Morgan fingerprint density at radius 1 is 0.547 bits per heavy atom. The zero-order chi connectivity index (χ0) is 38.9. The molecule has 304 valence electrons. The summed E-state index contributed by atoms with van der Waals surface area (Å²) in [5.74, 6) is -0.0256. The molecular formula is C47H80O6. The van der Waals surface area contributed by atoms with Crippen LogP contribution in [0, 0.1) is 5.92 Å². The minimum absolute atomic E-state index is 0.0299. The van der Waals surface area contributed by atoms with Gasteiger partial charge in [-0.1, -0.05) is 196 Å². The molecule has 0 amide bonds. The van der Waals surface area contributed by atoms with E-state index in [2.05, 4.69) is 69.4 Å². The fourth-order valence-electron chi connectivity index (χ4n) is 5.79. The highest BCUT2D eigenvalue weighted by Gasteiger charge is 2.16. The van der Waals surface area contributed by atoms with Crippen LogP contribution in [0.5, 0.6) is 0 Å². The number of esters is 2. The van der Waals surface area contributed by atoms with Crippen LogP contribution >= 0.6 is 0 Å². The van der Waals surface area contributed by atoms with Crippen LogP contribution < -0.4 is 0 Å². The first-order valence-electron chi connectivity index (χ1n) is 21.5. The topological polar surface area (TPSA) is 93.1 Å². The van der Waals surface area contributed by atoms with E-state index in [-0.39, 0.29) is 25.4 Å². The molecule has 6 heteroatoms. The van der Waals surface area contributed by atoms with Crippen molar-refractivity contribution >= 4 is 11.9 Å². The van der Waals surface area contributed by atoms with Crippen LogP contribution in [0.25, 0.3) is 0 Å². The molecule has 0 aromatic rings. The summed E-state index contributed by atoms with van der Waals surface area (Å²) in [5, 5.41) is 19.7. The van der Waals surface area contributed by atoms with Crippen molar-refractivity contribution in [3.63, 3.8) is 0 Å². The molecule has 2 N–H and O–H groups in total. The second-order valence-electron chi connectivity index (χ2n) is 14.7. The Hall–Kier alpha value is -2.70. The molecule has 2 atom stereocenters. The van der Waals surface area contributed by atoms with E-state index in [0.29, 0.717) is 6.42 Å². The van der Waals surface area contributed by atoms with Crippen molar-refractivity contribution in [2.24, 2.45) is 5.92 Å². The van der Waals surface area contributed by atoms with E-state index in [4.69, 9.17) is 9.47 Å². The van der Waals surface area contributed by atoms with Crippen molar-refractivity contribution in [3.8, 4) is 0 Å². The first-order chi connectivity index (χ1) is 25.9. The molecule has 0 aliphatic rings. The predicted molar refractivity (Wildman–Crippen MR) is 225 cm³/mol. The number of carbonyl (C=O) groups is 2. The average Bonchev–Trinajstić information content (AvgIpc) is 3.14. The Labute approximate surface area is 326 Å². The maximum atomic E-state index is 12.2. The molecule has 1 unspecified atom stereocenters. The van der Waals surface area contributed by atoms with Crippen LogP contribution in [0.1, 0.15) is 181 Å². The molecule has 0 aliphatic heterocycles. The summed E-state index contributed by atoms with van der Waals surface area (Å²) in [4.78, 5) is 24.3. The van der Waals surface area contributed by atoms with Gasteiger partial charge < -0.3 is 19.7 Å². The standard InChI is InChI=1S/C47H80O6/c1-4-5-6-7-8-9-10-11-12-16-19-22-25-28-31-34-37-44(49)39-40-46(50)52-42-45(41-48)53-47(51)38-35-32-29-26-23-20-17-14-13-15-18-21-24-27-30-33-36-43(2)3/h5-6,8-9,11-12,19,22,28,31,34,37,43-45,48-49H,4,7,10,13-18,20-21,23-27,29-30,32-33,35-36,38-42H2,1-3H3/b6-5-,9-8-,12-11-,22-19-,31-28-,37-34-/t44?,45-/m0/s1. The highest BCUT2D eigenvalue weighted by molar-refractivity contribution is 5.70. The largest absolute Gasteiger partial charge is 0.462 e. The molecule has 0 aromatic carbocycles. The number of rotatable bonds is 37. The van der Waals surface area contributed by atoms with Crippen LogP contribution in [-0.4, -0.2) is 47.6 Å². The predicted octanol–water partition coefficient (Wildman–Crippen LogP) is 12.6. The van der Waals surface area contributed by atoms with Gasteiger partial charge in [-0.05, 0) is 50.9 Å². The molecule has 0 heterocycles. The van der Waals surface area contributed by atoms with Gasteiger partial charge in [-0.25, -0.2) is 0 Å². The van der Waals surface area contributed by atoms with Gasteiger partial charge >= 0.3 is 11.9 Å². The van der Waals surface area contributed by atoms with Crippen LogP contribution in [0.15, 0.2) is 72.9 Å². The summed E-state index contributed by atoms with van der Waals surface area (Å²) in [7, 11) is 0. The summed E-state index contributed by atoms with van der Waals surface area (Å²) in [6.07, 6.45) is 50.1. The summed E-state index contributed by atoms with van der Waals surface area (Å²) >= 11 is 0. The van der Waals surface area contributed by atoms with E-state index < -0.39 is 24.8 Å². The minimum Gasteiger partial charge on any atom is -0.462 e. The number of carbonyl (C=O) groups excluding carboxylic acids is 2. The molecule has 0 rings (SSSR count). The second kappa shape index (κ2) is 40.5. The van der Waals surface area contributed by atoms with Gasteiger partial charge in [0.1, 0.15) is 6.61 Å². The van der Waals surface area contributed by atoms with E-state index >= 15 is 0 Å². The van der Waals surface area contributed by atoms with Gasteiger partial charge in [0.25, 0.3) is 0 Å². The third-order valence-corrected chi connectivity index (χ3v) is 9.06. The molecule has 0 radical (unpaired) electrons. The zero-order valence-electron chi connectivity index (χ0n) is 34.3. The lowest BCUT2D eigenvalue weighted by atomic mass is 10.0. The van der Waals surface area contributed by atoms with Crippen molar-refractivity contribution in [1.29, 1.82) is 0 Å². The van der Waals surface area contributed by atoms with Gasteiger partial charge in [0.05, 0.1) is 12.7 Å². The number of aliphatic hydroxyl groups is 2. The van der Waals surface area contributed by atoms with Gasteiger partial charge in [-0.15, -0.1) is 0 Å². The van der Waals surface area contributed by atoms with E-state index in [1.54, 1.807) is 12.2 Å². The number of hydrogen-bond donors (Lipinski definition) is 2. The van der Waals surface area contributed by atoms with E-state index in [1.807, 2.05) is 12.2 Å². The lowest BCUT2D eigenvalue weighted by Gasteiger charge is -2.16. The number of aliphatic hydroxyl groups excluding tert-OH is 2. The molecule has 53 heavy (non-hydrogen) atoms. The van der Waals surface area contributed by atoms with Crippen molar-refractivity contribution in [2.75, 3.05) is 13.2 Å². The number of unbranched alkanes of at least 4 members (excludes halogenated alkanes) is 15. The Balaban J connectivity index is 3.75. The Morgan fingerprint density at radius 3 is 1.47 bits per heavy atom. The van der Waals surface area contributed by atoms with Gasteiger partial charge in [0, 0.05) is 12.8 Å². The smallest absolute Gasteiger partial charge is 0.306 e. The van der Waals surface area contributed by atoms with Crippen molar-refractivity contribution in [1.82, 2.24) is 0 Å². The first kappa shape index (κ1) is 50.3. The van der Waals surface area contributed by atoms with E-state index in [9.17, 15) is 19.8 Å². The zero-order valence-corrected chi connectivity index (χ0v) is 34.3. The minimum atomic E-state index is -0.869. The molecule has 0 aromatic heterocycles. The first-order valence-corrected chi connectivity index (χ1v) is 21.5. The van der Waals surface area contributed by atoms with Crippen LogP contribution in [0.3, 0.4) is 0 Å². The van der Waals surface area contributed by atoms with Crippen molar-refractivity contribution in [2.45, 2.75) is 193 Å². The lowest BCUT2D eigenvalue weighted by Crippen LogP contribution is -2.28. The van der Waals surface area contributed by atoms with Crippen LogP contribution in [0.4, 0.5) is 0 Å². The van der Waals surface area contributed by atoms with Crippen LogP contribution in [0.2, 0.25) is 0 Å². The SMILES string of the molecule is CC/C=C\C/C=C\C/C=C\C/C=C\C/C=C\C=C/C(O)CCC(=O)OC[C@H](CO)OC(=O)CCCCCCCCCCCCCCCCCCC(C)C. The van der Waals surface area contributed by atoms with Crippen LogP contribution in [-0.2, 0) is 19.1 Å². The number of allylic oxidation sites excluding steroid dienone is 11. The monoisotopic (exact) mass is 741 g/mol. The molecular weight excluding hydrogens is 661 g/mol. The maximum absolute atomic E-state index is 12.2. The third-order valence-electron chi connectivity index (χ3n) is 9.06. The maximum Gasteiger partial charge on any atom is 0.306 e. The fraction of sp³-hybridized carbons (Fsp3) is 0.702. The highest BCUT2D eigenvalue weighted by Crippen LogP contribution is 2.15. The Kier molecular flexibility index (Phi) is 38.4. The number of ether oxygens (including phenoxy) is 2. The van der Waals surface area contributed by atoms with Crippen molar-refractivity contribution < 1.29 is 29.3 Å². The molecule has 0 aliphatic carbocycles. The average molecular weight is 741 g/mol. The fourth-order valence-corrected chi connectivity index (χ4v) is 5.79. The van der Waals surface area contributed by atoms with E-state index in [1.165, 1.54) is 89.9 Å². The summed E-state index contributed by atoms with van der Waals surface area (Å²) in [6.45, 7) is 6.17.